The van der Waals surface area contributed by atoms with Gasteiger partial charge in [-0.3, -0.25) is 4.99 Å². The Bertz CT molecular complexity index is 710. The monoisotopic (exact) mass is 519 g/mol. The molecule has 0 saturated carbocycles. The minimum atomic E-state index is 0. The number of anilines is 1. The summed E-state index contributed by atoms with van der Waals surface area (Å²) in [5.74, 6) is 2.09. The molecule has 2 N–H and O–H groups in total. The summed E-state index contributed by atoms with van der Waals surface area (Å²) >= 11 is 3.48. The Labute approximate surface area is 174 Å². The van der Waals surface area contributed by atoms with Crippen LogP contribution in [0.2, 0.25) is 0 Å². The number of aliphatic imine (C=N–C) groups is 1. The SMILES string of the molecule is CCOc1ccc(NC(=NC)NCc2cccc(Br)c2)cc1OC.I. The van der Waals surface area contributed by atoms with Crippen molar-refractivity contribution >= 4 is 51.6 Å². The van der Waals surface area contributed by atoms with Crippen molar-refractivity contribution < 1.29 is 9.47 Å². The number of ether oxygens (including phenoxy) is 2. The van der Waals surface area contributed by atoms with Crippen LogP contribution in [-0.2, 0) is 6.54 Å². The molecule has 25 heavy (non-hydrogen) atoms. The molecule has 0 radical (unpaired) electrons. The average Bonchev–Trinajstić information content (AvgIpc) is 2.60. The lowest BCUT2D eigenvalue weighted by molar-refractivity contribution is 0.311. The first-order valence-electron chi connectivity index (χ1n) is 7.69. The van der Waals surface area contributed by atoms with E-state index in [1.165, 1.54) is 0 Å². The number of nitrogens with zero attached hydrogens (tertiary/aromatic N) is 1. The highest BCUT2D eigenvalue weighted by Crippen LogP contribution is 2.30. The van der Waals surface area contributed by atoms with Gasteiger partial charge in [-0.15, -0.1) is 24.0 Å². The third kappa shape index (κ3) is 6.74. The molecule has 0 atom stereocenters. The van der Waals surface area contributed by atoms with Crippen LogP contribution >= 0.6 is 39.9 Å². The Morgan fingerprint density at radius 3 is 2.60 bits per heavy atom. The smallest absolute Gasteiger partial charge is 0.195 e. The largest absolute Gasteiger partial charge is 0.493 e. The lowest BCUT2D eigenvalue weighted by atomic mass is 10.2. The van der Waals surface area contributed by atoms with Gasteiger partial charge in [0.25, 0.3) is 0 Å². The third-order valence-corrected chi connectivity index (χ3v) is 3.79. The number of rotatable bonds is 6. The first-order valence-corrected chi connectivity index (χ1v) is 8.48. The molecule has 0 unspecified atom stereocenters. The van der Waals surface area contributed by atoms with Crippen LogP contribution in [0.3, 0.4) is 0 Å². The quantitative estimate of drug-likeness (QED) is 0.331. The standard InChI is InChI=1S/C18H22BrN3O2.HI/c1-4-24-16-9-8-15(11-17(16)23-3)22-18(20-2)21-12-13-6-5-7-14(19)10-13;/h5-11H,4,12H2,1-3H3,(H2,20,21,22);1H. The second-order valence-corrected chi connectivity index (χ2v) is 5.90. The summed E-state index contributed by atoms with van der Waals surface area (Å²) in [5.41, 5.74) is 2.04. The summed E-state index contributed by atoms with van der Waals surface area (Å²) in [6.07, 6.45) is 0. The highest BCUT2D eigenvalue weighted by Gasteiger charge is 2.07. The maximum Gasteiger partial charge on any atom is 0.195 e. The van der Waals surface area contributed by atoms with E-state index < -0.39 is 0 Å². The van der Waals surface area contributed by atoms with Crippen LogP contribution < -0.4 is 20.1 Å². The van der Waals surface area contributed by atoms with Gasteiger partial charge in [0.1, 0.15) is 0 Å². The number of benzene rings is 2. The molecule has 0 amide bonds. The van der Waals surface area contributed by atoms with Gasteiger partial charge >= 0.3 is 0 Å². The molecule has 0 bridgehead atoms. The first-order chi connectivity index (χ1) is 11.7. The zero-order valence-electron chi connectivity index (χ0n) is 14.5. The van der Waals surface area contributed by atoms with E-state index in [-0.39, 0.29) is 24.0 Å². The van der Waals surface area contributed by atoms with E-state index in [0.29, 0.717) is 24.9 Å². The fourth-order valence-electron chi connectivity index (χ4n) is 2.17. The Balaban J connectivity index is 0.00000312. The molecule has 0 saturated heterocycles. The molecule has 0 fully saturated rings. The van der Waals surface area contributed by atoms with E-state index in [2.05, 4.69) is 43.7 Å². The van der Waals surface area contributed by atoms with Crippen LogP contribution in [0.5, 0.6) is 11.5 Å². The van der Waals surface area contributed by atoms with Crippen molar-refractivity contribution in [2.75, 3.05) is 26.1 Å². The molecule has 0 spiro atoms. The molecule has 2 rings (SSSR count). The zero-order chi connectivity index (χ0) is 17.4. The lowest BCUT2D eigenvalue weighted by Crippen LogP contribution is -2.30. The molecule has 7 heteroatoms. The van der Waals surface area contributed by atoms with E-state index in [1.807, 2.05) is 37.3 Å². The highest BCUT2D eigenvalue weighted by atomic mass is 127. The van der Waals surface area contributed by atoms with Gasteiger partial charge in [-0.05, 0) is 36.8 Å². The average molecular weight is 520 g/mol. The fraction of sp³-hybridized carbons (Fsp3) is 0.278. The van der Waals surface area contributed by atoms with Crippen molar-refractivity contribution in [1.82, 2.24) is 5.32 Å². The Kier molecular flexibility index (Phi) is 9.66. The molecule has 2 aromatic rings. The molecular weight excluding hydrogens is 497 g/mol. The van der Waals surface area contributed by atoms with E-state index in [0.717, 1.165) is 21.5 Å². The van der Waals surface area contributed by atoms with Gasteiger partial charge in [0.15, 0.2) is 17.5 Å². The predicted octanol–water partition coefficient (Wildman–Crippen LogP) is 4.66. The van der Waals surface area contributed by atoms with Gasteiger partial charge in [-0.1, -0.05) is 28.1 Å². The summed E-state index contributed by atoms with van der Waals surface area (Å²) in [5, 5.41) is 6.53. The van der Waals surface area contributed by atoms with Gasteiger partial charge in [-0.25, -0.2) is 0 Å². The van der Waals surface area contributed by atoms with Gasteiger partial charge in [0.2, 0.25) is 0 Å². The normalized spacial score (nSPS) is 10.6. The highest BCUT2D eigenvalue weighted by molar-refractivity contribution is 14.0. The van der Waals surface area contributed by atoms with Crippen molar-refractivity contribution in [2.45, 2.75) is 13.5 Å². The van der Waals surface area contributed by atoms with Gasteiger partial charge < -0.3 is 20.1 Å². The number of halogens is 2. The Hall–Kier alpha value is -1.48. The third-order valence-electron chi connectivity index (χ3n) is 3.30. The fourth-order valence-corrected chi connectivity index (χ4v) is 2.62. The number of methoxy groups -OCH3 is 1. The van der Waals surface area contributed by atoms with Crippen molar-refractivity contribution in [1.29, 1.82) is 0 Å². The van der Waals surface area contributed by atoms with Gasteiger partial charge in [0.05, 0.1) is 13.7 Å². The molecule has 0 aliphatic carbocycles. The summed E-state index contributed by atoms with van der Waals surface area (Å²) in [6.45, 7) is 3.21. The number of guanidine groups is 1. The number of hydrogen-bond donors (Lipinski definition) is 2. The molecule has 0 heterocycles. The predicted molar refractivity (Wildman–Crippen MR) is 118 cm³/mol. The van der Waals surface area contributed by atoms with Crippen LogP contribution in [0, 0.1) is 0 Å². The molecular formula is C18H23BrIN3O2. The molecule has 0 aliphatic heterocycles. The van der Waals surface area contributed by atoms with Crippen molar-refractivity contribution in [3.8, 4) is 11.5 Å². The van der Waals surface area contributed by atoms with Crippen molar-refractivity contribution in [2.24, 2.45) is 4.99 Å². The molecule has 5 nitrogen and oxygen atoms in total. The van der Waals surface area contributed by atoms with E-state index in [1.54, 1.807) is 14.2 Å². The first kappa shape index (κ1) is 21.6. The summed E-state index contributed by atoms with van der Waals surface area (Å²) in [6, 6.07) is 13.8. The zero-order valence-corrected chi connectivity index (χ0v) is 18.4. The van der Waals surface area contributed by atoms with Gasteiger partial charge in [-0.2, -0.15) is 0 Å². The minimum Gasteiger partial charge on any atom is -0.493 e. The lowest BCUT2D eigenvalue weighted by Gasteiger charge is -2.14. The second-order valence-electron chi connectivity index (χ2n) is 4.98. The molecule has 136 valence electrons. The van der Waals surface area contributed by atoms with E-state index in [4.69, 9.17) is 9.47 Å². The van der Waals surface area contributed by atoms with Crippen LogP contribution in [-0.4, -0.2) is 26.7 Å². The summed E-state index contributed by atoms with van der Waals surface area (Å²) in [4.78, 5) is 4.25. The topological polar surface area (TPSA) is 54.9 Å². The molecule has 0 aliphatic rings. The minimum absolute atomic E-state index is 0. The van der Waals surface area contributed by atoms with Crippen LogP contribution in [0.4, 0.5) is 5.69 Å². The van der Waals surface area contributed by atoms with Gasteiger partial charge in [0, 0.05) is 29.8 Å². The van der Waals surface area contributed by atoms with Crippen molar-refractivity contribution in [3.05, 3.63) is 52.5 Å². The van der Waals surface area contributed by atoms with Crippen LogP contribution in [0.1, 0.15) is 12.5 Å². The maximum absolute atomic E-state index is 5.53. The summed E-state index contributed by atoms with van der Waals surface area (Å²) < 4.78 is 11.9. The molecule has 2 aromatic carbocycles. The Morgan fingerprint density at radius 1 is 1.16 bits per heavy atom. The van der Waals surface area contributed by atoms with Crippen LogP contribution in [0.25, 0.3) is 0 Å². The van der Waals surface area contributed by atoms with Crippen molar-refractivity contribution in [3.63, 3.8) is 0 Å². The number of hydrogen-bond acceptors (Lipinski definition) is 3. The Morgan fingerprint density at radius 2 is 1.96 bits per heavy atom. The number of nitrogens with one attached hydrogen (secondary N) is 2. The summed E-state index contributed by atoms with van der Waals surface area (Å²) in [7, 11) is 3.37. The van der Waals surface area contributed by atoms with E-state index in [9.17, 15) is 0 Å². The van der Waals surface area contributed by atoms with Crippen LogP contribution in [0.15, 0.2) is 51.9 Å². The second kappa shape index (κ2) is 11.2. The maximum atomic E-state index is 5.53. The van der Waals surface area contributed by atoms with E-state index >= 15 is 0 Å². The molecule has 0 aromatic heterocycles.